The van der Waals surface area contributed by atoms with E-state index in [9.17, 15) is 4.79 Å². The summed E-state index contributed by atoms with van der Waals surface area (Å²) in [5.41, 5.74) is 2.20. The highest BCUT2D eigenvalue weighted by atomic mass is 35.5. The number of nitrogens with one attached hydrogen (secondary N) is 2. The van der Waals surface area contributed by atoms with Crippen LogP contribution in [0.15, 0.2) is 47.5 Å². The largest absolute Gasteiger partial charge is 0.497 e. The molecule has 1 aliphatic rings. The van der Waals surface area contributed by atoms with Crippen molar-refractivity contribution in [2.75, 3.05) is 25.6 Å². The molecule has 1 atom stereocenters. The highest BCUT2D eigenvalue weighted by Gasteiger charge is 2.16. The molecule has 2 aromatic carbocycles. The molecule has 28 heavy (non-hydrogen) atoms. The van der Waals surface area contributed by atoms with E-state index in [4.69, 9.17) is 21.1 Å². The Bertz CT molecular complexity index is 864. The van der Waals surface area contributed by atoms with Gasteiger partial charge >= 0.3 is 0 Å². The van der Waals surface area contributed by atoms with Gasteiger partial charge in [0.05, 0.1) is 19.8 Å². The molecule has 1 amide bonds. The SMILES string of the molecule is COc1cccc(C(=O)NC(=NC[C@H]2CCCO2)Nc2ccc(C)c(Cl)c2)c1. The van der Waals surface area contributed by atoms with Crippen LogP contribution in [-0.4, -0.2) is 38.2 Å². The summed E-state index contributed by atoms with van der Waals surface area (Å²) in [6, 6.07) is 12.6. The number of halogens is 1. The number of rotatable bonds is 5. The van der Waals surface area contributed by atoms with Gasteiger partial charge in [0.25, 0.3) is 5.91 Å². The molecule has 0 aliphatic carbocycles. The van der Waals surface area contributed by atoms with E-state index in [1.54, 1.807) is 37.4 Å². The number of carbonyl (C=O) groups excluding carboxylic acids is 1. The van der Waals surface area contributed by atoms with E-state index < -0.39 is 0 Å². The van der Waals surface area contributed by atoms with Gasteiger partial charge in [0.2, 0.25) is 5.96 Å². The molecule has 0 radical (unpaired) electrons. The Morgan fingerprint density at radius 2 is 2.18 bits per heavy atom. The number of aryl methyl sites for hydroxylation is 1. The summed E-state index contributed by atoms with van der Waals surface area (Å²) < 4.78 is 10.8. The molecule has 0 aromatic heterocycles. The van der Waals surface area contributed by atoms with Crippen molar-refractivity contribution < 1.29 is 14.3 Å². The average molecular weight is 402 g/mol. The number of hydrogen-bond donors (Lipinski definition) is 2. The number of ether oxygens (including phenoxy) is 2. The Labute approximate surface area is 169 Å². The lowest BCUT2D eigenvalue weighted by atomic mass is 10.2. The second kappa shape index (κ2) is 9.57. The maximum atomic E-state index is 12.7. The molecular weight excluding hydrogens is 378 g/mol. The number of aliphatic imine (C=N–C) groups is 1. The minimum absolute atomic E-state index is 0.0760. The summed E-state index contributed by atoms with van der Waals surface area (Å²) in [6.45, 7) is 3.16. The second-order valence-corrected chi connectivity index (χ2v) is 7.01. The normalized spacial score (nSPS) is 16.7. The number of nitrogens with zero attached hydrogens (tertiary/aromatic N) is 1. The summed E-state index contributed by atoms with van der Waals surface area (Å²) in [5.74, 6) is 0.683. The molecule has 0 spiro atoms. The van der Waals surface area contributed by atoms with Crippen LogP contribution < -0.4 is 15.4 Å². The van der Waals surface area contributed by atoms with Crippen LogP contribution in [-0.2, 0) is 4.74 Å². The Kier molecular flexibility index (Phi) is 6.90. The Morgan fingerprint density at radius 1 is 1.32 bits per heavy atom. The first-order valence-electron chi connectivity index (χ1n) is 9.20. The predicted molar refractivity (Wildman–Crippen MR) is 112 cm³/mol. The molecule has 0 bridgehead atoms. The first kappa shape index (κ1) is 20.2. The van der Waals surface area contributed by atoms with Gasteiger partial charge in [-0.15, -0.1) is 0 Å². The quantitative estimate of drug-likeness (QED) is 0.586. The van der Waals surface area contributed by atoms with Gasteiger partial charge in [0, 0.05) is 22.9 Å². The van der Waals surface area contributed by atoms with Crippen molar-refractivity contribution in [1.29, 1.82) is 0 Å². The fourth-order valence-electron chi connectivity index (χ4n) is 2.84. The van der Waals surface area contributed by atoms with E-state index in [1.165, 1.54) is 0 Å². The molecule has 0 unspecified atom stereocenters. The van der Waals surface area contributed by atoms with Crippen molar-refractivity contribution in [3.05, 3.63) is 58.6 Å². The zero-order valence-electron chi connectivity index (χ0n) is 16.0. The number of methoxy groups -OCH3 is 1. The lowest BCUT2D eigenvalue weighted by Gasteiger charge is -2.14. The molecule has 0 saturated carbocycles. The van der Waals surface area contributed by atoms with Crippen LogP contribution >= 0.6 is 11.6 Å². The van der Waals surface area contributed by atoms with E-state index in [-0.39, 0.29) is 12.0 Å². The van der Waals surface area contributed by atoms with Crippen LogP contribution in [0.3, 0.4) is 0 Å². The second-order valence-electron chi connectivity index (χ2n) is 6.60. The first-order chi connectivity index (χ1) is 13.5. The minimum atomic E-state index is -0.282. The molecule has 3 rings (SSSR count). The van der Waals surface area contributed by atoms with Gasteiger partial charge in [-0.3, -0.25) is 10.1 Å². The van der Waals surface area contributed by atoms with Crippen molar-refractivity contribution in [1.82, 2.24) is 5.32 Å². The summed E-state index contributed by atoms with van der Waals surface area (Å²) in [6.07, 6.45) is 2.08. The van der Waals surface area contributed by atoms with E-state index in [0.29, 0.717) is 28.8 Å². The fraction of sp³-hybridized carbons (Fsp3) is 0.333. The molecule has 1 heterocycles. The molecule has 1 aliphatic heterocycles. The maximum Gasteiger partial charge on any atom is 0.258 e. The molecule has 1 saturated heterocycles. The van der Waals surface area contributed by atoms with Gasteiger partial charge in [0.1, 0.15) is 5.75 Å². The zero-order chi connectivity index (χ0) is 19.9. The maximum absolute atomic E-state index is 12.7. The van der Waals surface area contributed by atoms with Crippen molar-refractivity contribution in [2.24, 2.45) is 4.99 Å². The van der Waals surface area contributed by atoms with Gasteiger partial charge in [-0.1, -0.05) is 23.7 Å². The minimum Gasteiger partial charge on any atom is -0.497 e. The third-order valence-electron chi connectivity index (χ3n) is 4.48. The molecule has 148 valence electrons. The first-order valence-corrected chi connectivity index (χ1v) is 9.57. The molecule has 2 N–H and O–H groups in total. The highest BCUT2D eigenvalue weighted by molar-refractivity contribution is 6.31. The van der Waals surface area contributed by atoms with E-state index in [1.807, 2.05) is 19.1 Å². The fourth-order valence-corrected chi connectivity index (χ4v) is 3.02. The number of hydrogen-bond acceptors (Lipinski definition) is 4. The summed E-state index contributed by atoms with van der Waals surface area (Å²) in [4.78, 5) is 17.2. The van der Waals surface area contributed by atoms with Crippen LogP contribution in [0.2, 0.25) is 5.02 Å². The van der Waals surface area contributed by atoms with Gasteiger partial charge in [-0.05, 0) is 55.7 Å². The van der Waals surface area contributed by atoms with Crippen molar-refractivity contribution in [3.8, 4) is 5.75 Å². The molecule has 6 nitrogen and oxygen atoms in total. The van der Waals surface area contributed by atoms with Crippen LogP contribution in [0, 0.1) is 6.92 Å². The monoisotopic (exact) mass is 401 g/mol. The number of carbonyl (C=O) groups is 1. The van der Waals surface area contributed by atoms with Crippen molar-refractivity contribution >= 4 is 29.2 Å². The number of guanidine groups is 1. The number of amides is 1. The molecular formula is C21H24ClN3O3. The zero-order valence-corrected chi connectivity index (χ0v) is 16.8. The predicted octanol–water partition coefficient (Wildman–Crippen LogP) is 4.03. The topological polar surface area (TPSA) is 72.0 Å². The van der Waals surface area contributed by atoms with E-state index in [2.05, 4.69) is 15.6 Å². The summed E-state index contributed by atoms with van der Waals surface area (Å²) >= 11 is 6.21. The van der Waals surface area contributed by atoms with Crippen molar-refractivity contribution in [3.63, 3.8) is 0 Å². The average Bonchev–Trinajstić information content (AvgIpc) is 3.22. The number of anilines is 1. The van der Waals surface area contributed by atoms with E-state index in [0.717, 1.165) is 30.7 Å². The molecule has 1 fully saturated rings. The van der Waals surface area contributed by atoms with Gasteiger partial charge < -0.3 is 14.8 Å². The Morgan fingerprint density at radius 3 is 2.89 bits per heavy atom. The van der Waals surface area contributed by atoms with Crippen molar-refractivity contribution in [2.45, 2.75) is 25.9 Å². The lowest BCUT2D eigenvalue weighted by molar-refractivity contribution is 0.0975. The highest BCUT2D eigenvalue weighted by Crippen LogP contribution is 2.20. The smallest absolute Gasteiger partial charge is 0.258 e. The lowest BCUT2D eigenvalue weighted by Crippen LogP contribution is -2.36. The standard InChI is InChI=1S/C21H24ClN3O3/c1-14-8-9-16(12-19(14)22)24-21(23-13-18-7-4-10-28-18)25-20(26)15-5-3-6-17(11-15)27-2/h3,5-6,8-9,11-12,18H,4,7,10,13H2,1-2H3,(H2,23,24,25,26)/t18-/m1/s1. The summed E-state index contributed by atoms with van der Waals surface area (Å²) in [7, 11) is 1.56. The summed E-state index contributed by atoms with van der Waals surface area (Å²) in [5, 5.41) is 6.63. The molecule has 2 aromatic rings. The van der Waals surface area contributed by atoms with Gasteiger partial charge in [0.15, 0.2) is 0 Å². The van der Waals surface area contributed by atoms with E-state index >= 15 is 0 Å². The Hall–Kier alpha value is -2.57. The van der Waals surface area contributed by atoms with Crippen LogP contribution in [0.4, 0.5) is 5.69 Å². The third kappa shape index (κ3) is 5.47. The molecule has 7 heteroatoms. The van der Waals surface area contributed by atoms with Crippen LogP contribution in [0.25, 0.3) is 0 Å². The van der Waals surface area contributed by atoms with Gasteiger partial charge in [-0.2, -0.15) is 0 Å². The van der Waals surface area contributed by atoms with Crippen LogP contribution in [0.5, 0.6) is 5.75 Å². The van der Waals surface area contributed by atoms with Crippen LogP contribution in [0.1, 0.15) is 28.8 Å². The third-order valence-corrected chi connectivity index (χ3v) is 4.88. The number of benzene rings is 2. The Balaban J connectivity index is 1.76. The van der Waals surface area contributed by atoms with Gasteiger partial charge in [-0.25, -0.2) is 4.99 Å².